The van der Waals surface area contributed by atoms with Gasteiger partial charge in [0.2, 0.25) is 5.13 Å². The lowest BCUT2D eigenvalue weighted by Gasteiger charge is -2.05. The Bertz CT molecular complexity index is 975. The third-order valence-corrected chi connectivity index (χ3v) is 4.31. The van der Waals surface area contributed by atoms with Crippen molar-refractivity contribution >= 4 is 22.7 Å². The van der Waals surface area contributed by atoms with Crippen molar-refractivity contribution in [3.63, 3.8) is 0 Å². The molecule has 2 N–H and O–H groups in total. The second-order valence-corrected chi connectivity index (χ2v) is 6.21. The molecule has 0 aliphatic heterocycles. The van der Waals surface area contributed by atoms with E-state index in [0.717, 1.165) is 22.6 Å². The van der Waals surface area contributed by atoms with Crippen LogP contribution in [0.4, 0.5) is 5.13 Å². The van der Waals surface area contributed by atoms with E-state index in [4.69, 9.17) is 15.9 Å². The van der Waals surface area contributed by atoms with Crippen LogP contribution in [0.2, 0.25) is 0 Å². The van der Waals surface area contributed by atoms with Crippen molar-refractivity contribution in [2.45, 2.75) is 0 Å². The molecule has 136 valence electrons. The topological polar surface area (TPSA) is 76.0 Å². The highest BCUT2D eigenvalue weighted by atomic mass is 32.1. The Morgan fingerprint density at radius 3 is 2.85 bits per heavy atom. The number of hydrogen-bond donors (Lipinski definition) is 2. The van der Waals surface area contributed by atoms with Gasteiger partial charge in [-0.1, -0.05) is 5.92 Å². The zero-order valence-electron chi connectivity index (χ0n) is 14.5. The van der Waals surface area contributed by atoms with Gasteiger partial charge in [-0.25, -0.2) is 4.98 Å². The number of benzene rings is 2. The largest absolute Gasteiger partial charge is 0.504 e. The summed E-state index contributed by atoms with van der Waals surface area (Å²) in [6, 6.07) is 12.6. The van der Waals surface area contributed by atoms with Crippen molar-refractivity contribution in [3.05, 3.63) is 53.4 Å². The molecule has 0 fully saturated rings. The highest BCUT2D eigenvalue weighted by Crippen LogP contribution is 2.27. The van der Waals surface area contributed by atoms with Crippen LogP contribution in [0.25, 0.3) is 11.3 Å². The first-order valence-electron chi connectivity index (χ1n) is 7.98. The molecule has 0 spiro atoms. The standard InChI is InChI=1S/C20H17N3O3S/c1-3-10-26-19-11-14(4-9-18(19)24)12-21-23-20-22-17(13-27-20)15-5-7-16(25-2)8-6-15/h1,4-9,11-13,24H,10H2,2H3,(H,22,23)/b21-12+. The van der Waals surface area contributed by atoms with Crippen LogP contribution in [-0.2, 0) is 0 Å². The maximum atomic E-state index is 9.74. The molecule has 6 nitrogen and oxygen atoms in total. The maximum absolute atomic E-state index is 9.74. The molecule has 3 rings (SSSR count). The number of anilines is 1. The van der Waals surface area contributed by atoms with Gasteiger partial charge >= 0.3 is 0 Å². The minimum Gasteiger partial charge on any atom is -0.504 e. The number of ether oxygens (including phenoxy) is 2. The summed E-state index contributed by atoms with van der Waals surface area (Å²) in [6.07, 6.45) is 6.77. The molecule has 0 unspecified atom stereocenters. The molecule has 27 heavy (non-hydrogen) atoms. The Hall–Kier alpha value is -3.50. The van der Waals surface area contributed by atoms with Crippen LogP contribution in [-0.4, -0.2) is 30.0 Å². The molecule has 3 aromatic rings. The fourth-order valence-corrected chi connectivity index (χ4v) is 2.90. The first-order chi connectivity index (χ1) is 13.2. The number of terminal acetylenes is 1. The van der Waals surface area contributed by atoms with Gasteiger partial charge in [0.1, 0.15) is 12.4 Å². The summed E-state index contributed by atoms with van der Waals surface area (Å²) >= 11 is 1.45. The lowest BCUT2D eigenvalue weighted by Crippen LogP contribution is -1.95. The molecular weight excluding hydrogens is 362 g/mol. The highest BCUT2D eigenvalue weighted by molar-refractivity contribution is 7.14. The molecule has 0 aliphatic carbocycles. The van der Waals surface area contributed by atoms with Crippen LogP contribution in [0, 0.1) is 12.3 Å². The first kappa shape index (κ1) is 18.3. The smallest absolute Gasteiger partial charge is 0.203 e. The zero-order chi connectivity index (χ0) is 19.1. The molecule has 0 saturated heterocycles. The Morgan fingerprint density at radius 1 is 1.30 bits per heavy atom. The summed E-state index contributed by atoms with van der Waals surface area (Å²) in [5, 5.41) is 16.5. The number of hydrogen-bond acceptors (Lipinski definition) is 7. The van der Waals surface area contributed by atoms with E-state index in [2.05, 4.69) is 21.4 Å². The van der Waals surface area contributed by atoms with Gasteiger partial charge in [0.25, 0.3) is 0 Å². The molecule has 0 amide bonds. The Balaban J connectivity index is 1.65. The van der Waals surface area contributed by atoms with Gasteiger partial charge in [-0.3, -0.25) is 5.43 Å². The van der Waals surface area contributed by atoms with Gasteiger partial charge in [-0.15, -0.1) is 17.8 Å². The van der Waals surface area contributed by atoms with Crippen molar-refractivity contribution in [1.29, 1.82) is 0 Å². The van der Waals surface area contributed by atoms with Gasteiger partial charge in [0, 0.05) is 10.9 Å². The number of methoxy groups -OCH3 is 1. The maximum Gasteiger partial charge on any atom is 0.203 e. The molecule has 1 heterocycles. The predicted molar refractivity (Wildman–Crippen MR) is 108 cm³/mol. The Morgan fingerprint density at radius 2 is 2.11 bits per heavy atom. The number of thiazole rings is 1. The van der Waals surface area contributed by atoms with Gasteiger partial charge in [0.15, 0.2) is 11.5 Å². The van der Waals surface area contributed by atoms with E-state index in [0.29, 0.717) is 10.9 Å². The van der Waals surface area contributed by atoms with E-state index in [9.17, 15) is 5.11 Å². The summed E-state index contributed by atoms with van der Waals surface area (Å²) in [4.78, 5) is 4.51. The van der Waals surface area contributed by atoms with Gasteiger partial charge < -0.3 is 14.6 Å². The number of hydrazone groups is 1. The number of nitrogens with zero attached hydrogens (tertiary/aromatic N) is 2. The van der Waals surface area contributed by atoms with Crippen molar-refractivity contribution in [3.8, 4) is 40.8 Å². The van der Waals surface area contributed by atoms with Gasteiger partial charge in [-0.05, 0) is 48.0 Å². The average molecular weight is 379 g/mol. The van der Waals surface area contributed by atoms with E-state index in [1.165, 1.54) is 17.4 Å². The lowest BCUT2D eigenvalue weighted by atomic mass is 10.2. The molecule has 0 radical (unpaired) electrons. The normalized spacial score (nSPS) is 10.5. The molecule has 7 heteroatoms. The minimum atomic E-state index is 0.0272. The van der Waals surface area contributed by atoms with Crippen LogP contribution in [0.1, 0.15) is 5.56 Å². The fourth-order valence-electron chi connectivity index (χ4n) is 2.23. The number of aromatic nitrogens is 1. The summed E-state index contributed by atoms with van der Waals surface area (Å²) < 4.78 is 10.4. The van der Waals surface area contributed by atoms with E-state index in [1.54, 1.807) is 25.5 Å². The van der Waals surface area contributed by atoms with Crippen molar-refractivity contribution in [2.24, 2.45) is 5.10 Å². The number of phenolic OH excluding ortho intramolecular Hbond substituents is 1. The molecule has 2 aromatic carbocycles. The van der Waals surface area contributed by atoms with E-state index in [-0.39, 0.29) is 12.4 Å². The van der Waals surface area contributed by atoms with Crippen molar-refractivity contribution in [1.82, 2.24) is 4.98 Å². The fraction of sp³-hybridized carbons (Fsp3) is 0.100. The van der Waals surface area contributed by atoms with E-state index in [1.807, 2.05) is 29.6 Å². The van der Waals surface area contributed by atoms with Crippen LogP contribution in [0.15, 0.2) is 52.9 Å². The third-order valence-electron chi connectivity index (χ3n) is 3.56. The monoisotopic (exact) mass is 379 g/mol. The van der Waals surface area contributed by atoms with Crippen LogP contribution in [0.3, 0.4) is 0 Å². The molecule has 0 aliphatic rings. The SMILES string of the molecule is C#CCOc1cc(/C=N/Nc2nc(-c3ccc(OC)cc3)cs2)ccc1O. The molecule has 0 atom stereocenters. The lowest BCUT2D eigenvalue weighted by molar-refractivity contribution is 0.342. The summed E-state index contributed by atoms with van der Waals surface area (Å²) in [7, 11) is 1.64. The number of aromatic hydroxyl groups is 1. The van der Waals surface area contributed by atoms with Gasteiger partial charge in [-0.2, -0.15) is 5.10 Å². The second kappa shape index (κ2) is 8.74. The zero-order valence-corrected chi connectivity index (χ0v) is 15.4. The second-order valence-electron chi connectivity index (χ2n) is 5.36. The van der Waals surface area contributed by atoms with Crippen molar-refractivity contribution < 1.29 is 14.6 Å². The summed E-state index contributed by atoms with van der Waals surface area (Å²) in [5.74, 6) is 3.50. The molecule has 0 bridgehead atoms. The summed E-state index contributed by atoms with van der Waals surface area (Å²) in [6.45, 7) is 0.0830. The number of phenols is 1. The molecular formula is C20H17N3O3S. The third kappa shape index (κ3) is 4.77. The molecule has 1 aromatic heterocycles. The first-order valence-corrected chi connectivity index (χ1v) is 8.86. The number of rotatable bonds is 7. The van der Waals surface area contributed by atoms with E-state index < -0.39 is 0 Å². The van der Waals surface area contributed by atoms with Crippen LogP contribution >= 0.6 is 11.3 Å². The van der Waals surface area contributed by atoms with Crippen LogP contribution < -0.4 is 14.9 Å². The van der Waals surface area contributed by atoms with Crippen molar-refractivity contribution in [2.75, 3.05) is 19.1 Å². The summed E-state index contributed by atoms with van der Waals surface area (Å²) in [5.41, 5.74) is 5.50. The number of nitrogens with one attached hydrogen (secondary N) is 1. The predicted octanol–water partition coefficient (Wildman–Crippen LogP) is 3.98. The van der Waals surface area contributed by atoms with Gasteiger partial charge in [0.05, 0.1) is 19.0 Å². The Kier molecular flexibility index (Phi) is 5.92. The van der Waals surface area contributed by atoms with Crippen LogP contribution in [0.5, 0.6) is 17.2 Å². The van der Waals surface area contributed by atoms with E-state index >= 15 is 0 Å². The average Bonchev–Trinajstić information content (AvgIpc) is 3.17. The molecule has 0 saturated carbocycles. The quantitative estimate of drug-likeness (QED) is 0.369. The minimum absolute atomic E-state index is 0.0272. The Labute approximate surface area is 161 Å². The highest BCUT2D eigenvalue weighted by Gasteiger charge is 2.05.